The number of hydrogen-bond acceptors (Lipinski definition) is 9. The van der Waals surface area contributed by atoms with E-state index in [2.05, 4.69) is 45.6 Å². The van der Waals surface area contributed by atoms with Crippen molar-refractivity contribution in [1.29, 1.82) is 0 Å². The summed E-state index contributed by atoms with van der Waals surface area (Å²) in [4.78, 5) is 13.0. The number of aromatic amines is 1. The minimum atomic E-state index is -3.54. The van der Waals surface area contributed by atoms with Crippen LogP contribution in [0.3, 0.4) is 0 Å². The number of rotatable bonds is 7. The lowest BCUT2D eigenvalue weighted by Crippen LogP contribution is -2.47. The lowest BCUT2D eigenvalue weighted by atomic mass is 10.0. The van der Waals surface area contributed by atoms with Crippen LogP contribution in [0.1, 0.15) is 37.9 Å². The molecule has 0 radical (unpaired) electrons. The van der Waals surface area contributed by atoms with Crippen molar-refractivity contribution in [2.45, 2.75) is 48.7 Å². The highest BCUT2D eigenvalue weighted by atomic mass is 32.2. The molecule has 1 aromatic heterocycles. The molecule has 3 heterocycles. The number of fused-ring (bicyclic) bond motifs is 1. The van der Waals surface area contributed by atoms with Crippen LogP contribution in [0.5, 0.6) is 5.75 Å². The first-order valence-corrected chi connectivity index (χ1v) is 15.1. The highest BCUT2D eigenvalue weighted by molar-refractivity contribution is 7.92. The van der Waals surface area contributed by atoms with Gasteiger partial charge in [0.1, 0.15) is 11.4 Å². The van der Waals surface area contributed by atoms with Gasteiger partial charge in [-0.05, 0) is 71.1 Å². The monoisotopic (exact) mass is 565 g/mol. The maximum atomic E-state index is 13.1. The third-order valence-corrected chi connectivity index (χ3v) is 10.0. The molecule has 0 bridgehead atoms. The third-order valence-electron chi connectivity index (χ3n) is 7.82. The SMILES string of the molecule is COc1cc(N2CCC(N(C)C)CC2)ccc1C1(N)N=C(Nc2ccccc2S(=O)(=O)C(C)C)c2[nH]ccc2N1. The predicted octanol–water partition coefficient (Wildman–Crippen LogP) is 3.79. The molecule has 3 aromatic rings. The van der Waals surface area contributed by atoms with Crippen molar-refractivity contribution in [2.75, 3.05) is 49.8 Å². The fraction of sp³-hybridized carbons (Fsp3) is 0.414. The Hall–Kier alpha value is -3.54. The van der Waals surface area contributed by atoms with E-state index in [0.29, 0.717) is 34.6 Å². The molecular weight excluding hydrogens is 526 g/mol. The maximum absolute atomic E-state index is 13.1. The van der Waals surface area contributed by atoms with Crippen molar-refractivity contribution in [3.8, 4) is 5.75 Å². The van der Waals surface area contributed by atoms with Gasteiger partial charge in [-0.2, -0.15) is 0 Å². The summed E-state index contributed by atoms with van der Waals surface area (Å²) in [6.45, 7) is 5.27. The fourth-order valence-corrected chi connectivity index (χ4v) is 6.59. The second-order valence-corrected chi connectivity index (χ2v) is 13.4. The van der Waals surface area contributed by atoms with Gasteiger partial charge in [0.25, 0.3) is 0 Å². The average Bonchev–Trinajstić information content (AvgIpc) is 3.41. The zero-order chi connectivity index (χ0) is 28.7. The van der Waals surface area contributed by atoms with Gasteiger partial charge in [0.05, 0.1) is 34.2 Å². The van der Waals surface area contributed by atoms with Crippen LogP contribution < -0.4 is 26.0 Å². The zero-order valence-electron chi connectivity index (χ0n) is 23.7. The number of amidine groups is 1. The van der Waals surface area contributed by atoms with Crippen LogP contribution in [-0.2, 0) is 15.6 Å². The quantitative estimate of drug-likeness (QED) is 0.341. The number of benzene rings is 2. The summed E-state index contributed by atoms with van der Waals surface area (Å²) in [6.07, 6.45) is 3.99. The summed E-state index contributed by atoms with van der Waals surface area (Å²) in [5.41, 5.74) is 10.5. The van der Waals surface area contributed by atoms with Crippen molar-refractivity contribution in [3.05, 3.63) is 66.0 Å². The number of ether oxygens (including phenoxy) is 1. The van der Waals surface area contributed by atoms with Crippen LogP contribution in [0, 0.1) is 0 Å². The molecule has 1 atom stereocenters. The molecule has 0 spiro atoms. The zero-order valence-corrected chi connectivity index (χ0v) is 24.5. The van der Waals surface area contributed by atoms with Crippen LogP contribution >= 0.6 is 0 Å². The number of H-pyrrole nitrogens is 1. The molecule has 5 rings (SSSR count). The summed E-state index contributed by atoms with van der Waals surface area (Å²) in [5, 5.41) is 6.03. The number of nitrogens with two attached hydrogens (primary N) is 1. The van der Waals surface area contributed by atoms with E-state index < -0.39 is 20.9 Å². The Labute approximate surface area is 236 Å². The number of sulfone groups is 1. The van der Waals surface area contributed by atoms with Crippen LogP contribution in [0.2, 0.25) is 0 Å². The van der Waals surface area contributed by atoms with Gasteiger partial charge in [-0.15, -0.1) is 0 Å². The highest BCUT2D eigenvalue weighted by Crippen LogP contribution is 2.38. The Kier molecular flexibility index (Phi) is 7.56. The van der Waals surface area contributed by atoms with Gasteiger partial charge < -0.3 is 30.2 Å². The van der Waals surface area contributed by atoms with E-state index in [9.17, 15) is 8.42 Å². The second-order valence-electron chi connectivity index (χ2n) is 10.9. The number of methoxy groups -OCH3 is 1. The van der Waals surface area contributed by atoms with Crippen LogP contribution in [-0.4, -0.2) is 69.7 Å². The molecule has 10 nitrogen and oxygen atoms in total. The standard InChI is InChI=1S/C29H39N7O3S/c1-19(2)40(37,38)26-9-7-6-8-23(26)32-28-27-24(12-15-31-27)33-29(30,34-28)22-11-10-21(18-25(22)39-5)36-16-13-20(14-17-36)35(3)4/h6-12,15,18-20,31,33H,13-14,16-17,30H2,1-5H3,(H,32,34). The molecule has 2 aliphatic heterocycles. The second kappa shape index (κ2) is 10.8. The van der Waals surface area contributed by atoms with Gasteiger partial charge in [-0.3, -0.25) is 5.73 Å². The van der Waals surface area contributed by atoms with Gasteiger partial charge in [-0.25, -0.2) is 13.4 Å². The molecule has 1 unspecified atom stereocenters. The minimum Gasteiger partial charge on any atom is -0.496 e. The molecule has 2 aliphatic rings. The van der Waals surface area contributed by atoms with Gasteiger partial charge in [0, 0.05) is 37.1 Å². The number of piperidine rings is 1. The summed E-state index contributed by atoms with van der Waals surface area (Å²) < 4.78 is 32.0. The molecule has 5 N–H and O–H groups in total. The molecule has 1 saturated heterocycles. The number of nitrogens with one attached hydrogen (secondary N) is 3. The van der Waals surface area contributed by atoms with Gasteiger partial charge in [0.15, 0.2) is 15.7 Å². The van der Waals surface area contributed by atoms with E-state index in [4.69, 9.17) is 15.5 Å². The topological polar surface area (TPSA) is 128 Å². The van der Waals surface area contributed by atoms with Crippen molar-refractivity contribution < 1.29 is 13.2 Å². The van der Waals surface area contributed by atoms with Crippen molar-refractivity contribution in [1.82, 2.24) is 9.88 Å². The molecule has 0 amide bonds. The van der Waals surface area contributed by atoms with Crippen LogP contribution in [0.4, 0.5) is 17.1 Å². The molecule has 214 valence electrons. The van der Waals surface area contributed by atoms with E-state index in [1.807, 2.05) is 18.2 Å². The molecule has 1 fully saturated rings. The third kappa shape index (κ3) is 5.16. The van der Waals surface area contributed by atoms with E-state index in [1.54, 1.807) is 51.4 Å². The van der Waals surface area contributed by atoms with Gasteiger partial charge in [0.2, 0.25) is 5.79 Å². The Balaban J connectivity index is 1.50. The molecular formula is C29H39N7O3S. The predicted molar refractivity (Wildman–Crippen MR) is 161 cm³/mol. The first-order valence-electron chi connectivity index (χ1n) is 13.6. The summed E-state index contributed by atoms with van der Waals surface area (Å²) in [7, 11) is 2.36. The Morgan fingerprint density at radius 1 is 1.15 bits per heavy atom. The number of aromatic nitrogens is 1. The minimum absolute atomic E-state index is 0.210. The number of para-hydroxylation sites is 1. The highest BCUT2D eigenvalue weighted by Gasteiger charge is 2.37. The largest absolute Gasteiger partial charge is 0.496 e. The van der Waals surface area contributed by atoms with Crippen molar-refractivity contribution in [2.24, 2.45) is 10.7 Å². The van der Waals surface area contributed by atoms with Crippen LogP contribution in [0.25, 0.3) is 0 Å². The molecule has 11 heteroatoms. The summed E-state index contributed by atoms with van der Waals surface area (Å²) >= 11 is 0. The van der Waals surface area contributed by atoms with Crippen molar-refractivity contribution in [3.63, 3.8) is 0 Å². The van der Waals surface area contributed by atoms with Crippen LogP contribution in [0.15, 0.2) is 64.6 Å². The number of aliphatic imine (C=N–C) groups is 1. The normalized spacial score (nSPS) is 19.8. The number of hydrogen-bond donors (Lipinski definition) is 4. The first-order chi connectivity index (χ1) is 19.0. The lowest BCUT2D eigenvalue weighted by molar-refractivity contribution is 0.249. The number of anilines is 3. The van der Waals surface area contributed by atoms with E-state index in [-0.39, 0.29) is 4.90 Å². The Morgan fingerprint density at radius 3 is 2.55 bits per heavy atom. The Morgan fingerprint density at radius 2 is 1.88 bits per heavy atom. The smallest absolute Gasteiger partial charge is 0.215 e. The van der Waals surface area contributed by atoms with Gasteiger partial charge >= 0.3 is 0 Å². The average molecular weight is 566 g/mol. The number of nitrogens with zero attached hydrogens (tertiary/aromatic N) is 3. The first kappa shape index (κ1) is 28.0. The van der Waals surface area contributed by atoms with E-state index in [1.165, 1.54) is 0 Å². The maximum Gasteiger partial charge on any atom is 0.215 e. The molecule has 0 saturated carbocycles. The van der Waals surface area contributed by atoms with Crippen molar-refractivity contribution >= 4 is 32.7 Å². The summed E-state index contributed by atoms with van der Waals surface area (Å²) in [5.74, 6) is -0.331. The van der Waals surface area contributed by atoms with E-state index >= 15 is 0 Å². The fourth-order valence-electron chi connectivity index (χ4n) is 5.38. The van der Waals surface area contributed by atoms with Gasteiger partial charge in [-0.1, -0.05) is 12.1 Å². The molecule has 2 aromatic carbocycles. The molecule has 0 aliphatic carbocycles. The Bertz CT molecular complexity index is 1510. The van der Waals surface area contributed by atoms with E-state index in [0.717, 1.165) is 37.3 Å². The lowest BCUT2D eigenvalue weighted by Gasteiger charge is -2.37. The summed E-state index contributed by atoms with van der Waals surface area (Å²) in [6, 6.07) is 15.3. The molecule has 40 heavy (non-hydrogen) atoms.